The summed E-state index contributed by atoms with van der Waals surface area (Å²) in [4.78, 5) is 4.01. The summed E-state index contributed by atoms with van der Waals surface area (Å²) in [5.41, 5.74) is 10.1. The number of aromatic amines is 1. The van der Waals surface area contributed by atoms with Crippen LogP contribution in [0.25, 0.3) is 0 Å². The minimum Gasteiger partial charge on any atom is -0.383 e. The van der Waals surface area contributed by atoms with Crippen molar-refractivity contribution in [2.24, 2.45) is 5.84 Å². The number of nitrogens with two attached hydrogens (primary N) is 2. The molecule has 2 aromatic heterocycles. The lowest BCUT2D eigenvalue weighted by atomic mass is 10.1. The van der Waals surface area contributed by atoms with Gasteiger partial charge in [0.05, 0.1) is 12.2 Å². The average molecular weight is 219 g/mol. The van der Waals surface area contributed by atoms with E-state index in [1.54, 1.807) is 12.4 Å². The summed E-state index contributed by atoms with van der Waals surface area (Å²) in [7, 11) is 0. The second-order valence-corrected chi connectivity index (χ2v) is 3.37. The number of nitrogens with zero attached hydrogens (tertiary/aromatic N) is 3. The van der Waals surface area contributed by atoms with Crippen molar-refractivity contribution in [1.29, 1.82) is 0 Å². The fraction of sp³-hybridized carbons (Fsp3) is 0.222. The maximum absolute atomic E-state index is 5.75. The molecule has 0 aliphatic rings. The highest BCUT2D eigenvalue weighted by molar-refractivity contribution is 5.39. The zero-order valence-electron chi connectivity index (χ0n) is 8.59. The van der Waals surface area contributed by atoms with Gasteiger partial charge in [-0.25, -0.2) is 4.98 Å². The molecule has 1 atom stereocenters. The van der Waals surface area contributed by atoms with Gasteiger partial charge in [-0.15, -0.1) is 0 Å². The van der Waals surface area contributed by atoms with E-state index in [4.69, 9.17) is 11.6 Å². The van der Waals surface area contributed by atoms with Gasteiger partial charge in [-0.1, -0.05) is 6.07 Å². The van der Waals surface area contributed by atoms with Gasteiger partial charge in [0, 0.05) is 6.20 Å². The largest absolute Gasteiger partial charge is 0.383 e. The molecule has 7 nitrogen and oxygen atoms in total. The van der Waals surface area contributed by atoms with Crippen LogP contribution in [0.15, 0.2) is 24.5 Å². The number of nitrogens with one attached hydrogen (secondary N) is 2. The first-order chi connectivity index (χ1) is 7.81. The van der Waals surface area contributed by atoms with Crippen molar-refractivity contribution in [3.8, 4) is 0 Å². The Bertz CT molecular complexity index is 439. The first-order valence-corrected chi connectivity index (χ1v) is 4.82. The Balaban J connectivity index is 2.17. The highest BCUT2D eigenvalue weighted by Crippen LogP contribution is 2.17. The summed E-state index contributed by atoms with van der Waals surface area (Å²) in [5.74, 6) is 5.97. The third-order valence-corrected chi connectivity index (χ3v) is 2.34. The van der Waals surface area contributed by atoms with Gasteiger partial charge in [0.2, 0.25) is 0 Å². The van der Waals surface area contributed by atoms with Crippen molar-refractivity contribution in [2.75, 3.05) is 5.73 Å². The Hall–Kier alpha value is -1.99. The van der Waals surface area contributed by atoms with Crippen LogP contribution in [-0.4, -0.2) is 20.4 Å². The van der Waals surface area contributed by atoms with Crippen molar-refractivity contribution in [3.05, 3.63) is 35.8 Å². The number of hydrogen-bond acceptors (Lipinski definition) is 6. The minimum absolute atomic E-state index is 0.134. The molecule has 0 aliphatic carbocycles. The quantitative estimate of drug-likeness (QED) is 0.407. The first-order valence-electron chi connectivity index (χ1n) is 4.82. The molecule has 2 aromatic rings. The normalized spacial score (nSPS) is 12.6. The maximum Gasteiger partial charge on any atom is 0.126 e. The summed E-state index contributed by atoms with van der Waals surface area (Å²) < 4.78 is 0. The van der Waals surface area contributed by atoms with Gasteiger partial charge in [-0.2, -0.15) is 15.4 Å². The molecule has 6 N–H and O–H groups in total. The van der Waals surface area contributed by atoms with Crippen molar-refractivity contribution in [3.63, 3.8) is 0 Å². The topological polar surface area (TPSA) is 119 Å². The molecule has 0 saturated carbocycles. The highest BCUT2D eigenvalue weighted by atomic mass is 15.3. The molecule has 0 fully saturated rings. The molecule has 0 aromatic carbocycles. The Morgan fingerprint density at radius 1 is 1.50 bits per heavy atom. The van der Waals surface area contributed by atoms with Crippen LogP contribution in [0.4, 0.5) is 5.82 Å². The lowest BCUT2D eigenvalue weighted by Crippen LogP contribution is -2.30. The van der Waals surface area contributed by atoms with E-state index in [0.717, 1.165) is 11.3 Å². The molecule has 0 spiro atoms. The van der Waals surface area contributed by atoms with Crippen LogP contribution >= 0.6 is 0 Å². The Kier molecular flexibility index (Phi) is 3.08. The van der Waals surface area contributed by atoms with Crippen molar-refractivity contribution < 1.29 is 0 Å². The summed E-state index contributed by atoms with van der Waals surface area (Å²) in [6, 6.07) is 3.61. The molecule has 0 bridgehead atoms. The maximum atomic E-state index is 5.75. The van der Waals surface area contributed by atoms with Crippen LogP contribution in [0, 0.1) is 0 Å². The van der Waals surface area contributed by atoms with Gasteiger partial charge >= 0.3 is 0 Å². The van der Waals surface area contributed by atoms with Gasteiger partial charge in [0.1, 0.15) is 11.5 Å². The van der Waals surface area contributed by atoms with Crippen LogP contribution in [0.5, 0.6) is 0 Å². The fourth-order valence-electron chi connectivity index (χ4n) is 1.47. The van der Waals surface area contributed by atoms with Gasteiger partial charge in [-0.3, -0.25) is 11.3 Å². The molecular weight excluding hydrogens is 206 g/mol. The van der Waals surface area contributed by atoms with Gasteiger partial charge in [-0.05, 0) is 18.1 Å². The predicted molar refractivity (Wildman–Crippen MR) is 58.8 cm³/mol. The van der Waals surface area contributed by atoms with Crippen LogP contribution in [0.3, 0.4) is 0 Å². The third-order valence-electron chi connectivity index (χ3n) is 2.34. The zero-order chi connectivity index (χ0) is 11.4. The molecule has 84 valence electrons. The van der Waals surface area contributed by atoms with Gasteiger partial charge in [0.25, 0.3) is 0 Å². The van der Waals surface area contributed by atoms with E-state index in [0.29, 0.717) is 12.2 Å². The Labute approximate surface area is 92.2 Å². The van der Waals surface area contributed by atoms with Gasteiger partial charge < -0.3 is 5.73 Å². The van der Waals surface area contributed by atoms with Gasteiger partial charge in [0.15, 0.2) is 0 Å². The fourth-order valence-corrected chi connectivity index (χ4v) is 1.47. The molecule has 0 radical (unpaired) electrons. The number of H-pyrrole nitrogens is 1. The molecule has 0 aliphatic heterocycles. The van der Waals surface area contributed by atoms with E-state index in [1.165, 1.54) is 0 Å². The number of rotatable bonds is 4. The summed E-state index contributed by atoms with van der Waals surface area (Å²) >= 11 is 0. The van der Waals surface area contributed by atoms with Crippen LogP contribution in [0.2, 0.25) is 0 Å². The molecule has 2 rings (SSSR count). The molecular formula is C9H13N7. The van der Waals surface area contributed by atoms with E-state index in [1.807, 2.05) is 12.1 Å². The minimum atomic E-state index is -0.134. The number of aromatic nitrogens is 4. The predicted octanol–water partition coefficient (Wildman–Crippen LogP) is -0.471. The van der Waals surface area contributed by atoms with E-state index in [9.17, 15) is 0 Å². The number of anilines is 1. The average Bonchev–Trinajstić information content (AvgIpc) is 2.81. The number of pyridine rings is 1. The zero-order valence-corrected chi connectivity index (χ0v) is 8.59. The molecule has 0 amide bonds. The standard InChI is InChI=1S/C9H13N7/c10-9-6(2-1-3-12-9)4-7(14-11)8-5-13-16-15-8/h1-3,5,7,14H,4,11H2,(H2,10,12)(H,13,15,16). The molecule has 7 heteroatoms. The first kappa shape index (κ1) is 10.5. The summed E-state index contributed by atoms with van der Waals surface area (Å²) in [6.45, 7) is 0. The van der Waals surface area contributed by atoms with E-state index in [2.05, 4.69) is 25.8 Å². The van der Waals surface area contributed by atoms with E-state index in [-0.39, 0.29) is 6.04 Å². The van der Waals surface area contributed by atoms with Crippen molar-refractivity contribution >= 4 is 5.82 Å². The summed E-state index contributed by atoms with van der Waals surface area (Å²) in [5, 5.41) is 10.3. The second kappa shape index (κ2) is 4.69. The Morgan fingerprint density at radius 2 is 2.38 bits per heavy atom. The second-order valence-electron chi connectivity index (χ2n) is 3.37. The number of hydrogen-bond donors (Lipinski definition) is 4. The van der Waals surface area contributed by atoms with Crippen molar-refractivity contribution in [1.82, 2.24) is 25.8 Å². The molecule has 2 heterocycles. The Morgan fingerprint density at radius 3 is 3.00 bits per heavy atom. The molecule has 0 saturated heterocycles. The lowest BCUT2D eigenvalue weighted by molar-refractivity contribution is 0.537. The number of nitrogen functional groups attached to an aromatic ring is 1. The highest BCUT2D eigenvalue weighted by Gasteiger charge is 2.14. The van der Waals surface area contributed by atoms with Crippen LogP contribution < -0.4 is 17.0 Å². The molecule has 16 heavy (non-hydrogen) atoms. The van der Waals surface area contributed by atoms with Crippen LogP contribution in [0.1, 0.15) is 17.3 Å². The molecule has 1 unspecified atom stereocenters. The SMILES string of the molecule is NNC(Cc1cccnc1N)c1cn[nH]n1. The van der Waals surface area contributed by atoms with Crippen LogP contribution in [-0.2, 0) is 6.42 Å². The number of hydrazine groups is 1. The summed E-state index contributed by atoms with van der Waals surface area (Å²) in [6.07, 6.45) is 3.89. The third kappa shape index (κ3) is 2.15. The van der Waals surface area contributed by atoms with E-state index < -0.39 is 0 Å². The van der Waals surface area contributed by atoms with Crippen molar-refractivity contribution in [2.45, 2.75) is 12.5 Å². The van der Waals surface area contributed by atoms with E-state index >= 15 is 0 Å². The lowest BCUT2D eigenvalue weighted by Gasteiger charge is -2.13. The monoisotopic (exact) mass is 219 g/mol. The smallest absolute Gasteiger partial charge is 0.126 e.